The molecule has 1 amide bonds. The molecule has 1 aromatic rings. The van der Waals surface area contributed by atoms with Crippen LogP contribution in [0.2, 0.25) is 0 Å². The first kappa shape index (κ1) is 20.4. The summed E-state index contributed by atoms with van der Waals surface area (Å²) in [6.45, 7) is -0.440. The number of carbonyl (C=O) groups is 3. The molecule has 1 fully saturated rings. The van der Waals surface area contributed by atoms with Crippen molar-refractivity contribution in [2.24, 2.45) is 0 Å². The first-order valence-corrected chi connectivity index (χ1v) is 6.64. The van der Waals surface area contributed by atoms with Crippen LogP contribution in [0.1, 0.15) is 5.69 Å². The van der Waals surface area contributed by atoms with Crippen molar-refractivity contribution in [3.63, 3.8) is 0 Å². The molecule has 2 aliphatic rings. The van der Waals surface area contributed by atoms with Gasteiger partial charge in [0.05, 0.1) is 36.0 Å². The van der Waals surface area contributed by atoms with Gasteiger partial charge >= 0.3 is 59.1 Å². The normalized spacial score (nSPS) is 20.1. The van der Waals surface area contributed by atoms with Gasteiger partial charge in [0.1, 0.15) is 11.1 Å². The van der Waals surface area contributed by atoms with E-state index in [9.17, 15) is 24.6 Å². The van der Waals surface area contributed by atoms with Crippen LogP contribution in [0.25, 0.3) is 6.08 Å². The zero-order chi connectivity index (χ0) is 15.1. The molecule has 23 heavy (non-hydrogen) atoms. The van der Waals surface area contributed by atoms with Crippen molar-refractivity contribution in [1.82, 2.24) is 19.9 Å². The Labute approximate surface area is 178 Å². The average Bonchev–Trinajstić information content (AvgIpc) is 2.99. The Morgan fingerprint density at radius 3 is 2.65 bits per heavy atom. The first-order valence-electron chi connectivity index (χ1n) is 5.69. The number of nitrogens with zero attached hydrogens (tertiary/aromatic N) is 4. The van der Waals surface area contributed by atoms with Crippen molar-refractivity contribution >= 4 is 35.7 Å². The summed E-state index contributed by atoms with van der Waals surface area (Å²) >= 11 is 1.17. The number of β-lactam (4-membered cyclic amide) rings is 1. The minimum atomic E-state index is -1.41. The van der Waals surface area contributed by atoms with Gasteiger partial charge in [-0.25, -0.2) is 4.68 Å². The zero-order valence-corrected chi connectivity index (χ0v) is 17.1. The number of thioether (sulfide) groups is 1. The summed E-state index contributed by atoms with van der Waals surface area (Å²) in [7, 11) is 0. The van der Waals surface area contributed by atoms with Crippen LogP contribution in [0.5, 0.6) is 0 Å². The van der Waals surface area contributed by atoms with E-state index in [1.165, 1.54) is 29.4 Å². The quantitative estimate of drug-likeness (QED) is 0.297. The third-order valence-electron chi connectivity index (χ3n) is 2.89. The maximum Gasteiger partial charge on any atom is 1.00 e. The Kier molecular flexibility index (Phi) is 7.08. The average molecular weight is 352 g/mol. The number of hydrogen-bond donors (Lipinski definition) is 0. The fourth-order valence-electron chi connectivity index (χ4n) is 2.01. The molecule has 1 saturated heterocycles. The predicted molar refractivity (Wildman–Crippen MR) is 64.3 cm³/mol. The SMILES string of the molecule is O=C([O-])Cn1cc(/C=C2\C(=O)N3C(C(=O)[O-])=CS[C@H]23)nn1.[Na+].[Na+]. The largest absolute Gasteiger partial charge is 1.00 e. The van der Waals surface area contributed by atoms with E-state index in [0.717, 1.165) is 9.58 Å². The molecule has 108 valence electrons. The Morgan fingerprint density at radius 1 is 1.35 bits per heavy atom. The van der Waals surface area contributed by atoms with Gasteiger partial charge in [-0.2, -0.15) is 0 Å². The maximum atomic E-state index is 11.9. The maximum absolute atomic E-state index is 11.9. The van der Waals surface area contributed by atoms with Crippen LogP contribution in [-0.4, -0.2) is 43.1 Å². The van der Waals surface area contributed by atoms with Gasteiger partial charge < -0.3 is 19.8 Å². The van der Waals surface area contributed by atoms with Crippen molar-refractivity contribution in [3.05, 3.63) is 28.6 Å². The summed E-state index contributed by atoms with van der Waals surface area (Å²) in [6.07, 6.45) is 2.80. The Hall–Kier alpha value is -0.620. The first-order chi connectivity index (χ1) is 9.97. The molecule has 1 atom stereocenters. The monoisotopic (exact) mass is 352 g/mol. The minimum Gasteiger partial charge on any atom is -0.548 e. The van der Waals surface area contributed by atoms with Crippen molar-refractivity contribution in [2.75, 3.05) is 0 Å². The molecule has 2 aliphatic heterocycles. The van der Waals surface area contributed by atoms with E-state index in [2.05, 4.69) is 10.3 Å². The zero-order valence-electron chi connectivity index (χ0n) is 12.3. The molecule has 0 aromatic carbocycles. The second-order valence-corrected chi connectivity index (χ2v) is 5.22. The smallest absolute Gasteiger partial charge is 0.548 e. The molecule has 0 aliphatic carbocycles. The topological polar surface area (TPSA) is 131 Å². The Balaban J connectivity index is 0.00000132. The molecule has 1 aromatic heterocycles. The molecular formula is C11H6N4Na2O5S. The van der Waals surface area contributed by atoms with Gasteiger partial charge in [0, 0.05) is 0 Å². The van der Waals surface area contributed by atoms with Gasteiger partial charge in [-0.15, -0.1) is 16.9 Å². The standard InChI is InChI=1S/C11H8N4O5S.2Na/c16-8(17)3-14-2-5(12-13-14)1-6-9(18)15-7(11(19)20)4-21-10(6)15;;/h1-2,4,10H,3H2,(H,16,17)(H,19,20);;/q;2*+1/p-2/b6-1+;;/t10-;;/m1../s1. The van der Waals surface area contributed by atoms with E-state index in [4.69, 9.17) is 0 Å². The molecule has 0 unspecified atom stereocenters. The van der Waals surface area contributed by atoms with Crippen molar-refractivity contribution in [2.45, 2.75) is 11.9 Å². The number of hydrogen-bond acceptors (Lipinski definition) is 8. The summed E-state index contributed by atoms with van der Waals surface area (Å²) < 4.78 is 1.06. The van der Waals surface area contributed by atoms with Gasteiger partial charge in [-0.3, -0.25) is 9.69 Å². The van der Waals surface area contributed by atoms with Crippen LogP contribution in [-0.2, 0) is 20.9 Å². The molecule has 0 radical (unpaired) electrons. The van der Waals surface area contributed by atoms with E-state index in [-0.39, 0.29) is 64.8 Å². The molecule has 0 saturated carbocycles. The molecule has 0 N–H and O–H groups in total. The number of carboxylic acid groups (broad SMARTS) is 2. The number of rotatable bonds is 4. The molecule has 9 nitrogen and oxygen atoms in total. The molecule has 12 heteroatoms. The summed E-state index contributed by atoms with van der Waals surface area (Å²) in [5.41, 5.74) is 0.516. The van der Waals surface area contributed by atoms with Gasteiger partial charge in [0.25, 0.3) is 5.91 Å². The van der Waals surface area contributed by atoms with Gasteiger partial charge in [0.2, 0.25) is 0 Å². The van der Waals surface area contributed by atoms with Crippen LogP contribution in [0.15, 0.2) is 22.9 Å². The van der Waals surface area contributed by atoms with Crippen LogP contribution in [0.3, 0.4) is 0 Å². The summed E-state index contributed by atoms with van der Waals surface area (Å²) in [5.74, 6) is -3.16. The minimum absolute atomic E-state index is 0. The van der Waals surface area contributed by atoms with E-state index >= 15 is 0 Å². The van der Waals surface area contributed by atoms with E-state index in [1.54, 1.807) is 0 Å². The number of carbonyl (C=O) groups excluding carboxylic acids is 3. The summed E-state index contributed by atoms with van der Waals surface area (Å²) in [6, 6.07) is 0. The van der Waals surface area contributed by atoms with E-state index in [1.807, 2.05) is 0 Å². The Bertz CT molecular complexity index is 732. The third-order valence-corrected chi connectivity index (χ3v) is 3.98. The number of aliphatic carboxylic acids is 2. The van der Waals surface area contributed by atoms with Gasteiger partial charge in [-0.1, -0.05) is 5.21 Å². The van der Waals surface area contributed by atoms with Crippen molar-refractivity contribution in [3.8, 4) is 0 Å². The number of aromatic nitrogens is 3. The number of carboxylic acids is 2. The van der Waals surface area contributed by atoms with Gasteiger partial charge in [0.15, 0.2) is 0 Å². The Morgan fingerprint density at radius 2 is 2.04 bits per heavy atom. The number of fused-ring (bicyclic) bond motifs is 1. The molecule has 3 heterocycles. The fraction of sp³-hybridized carbons (Fsp3) is 0.182. The molecular weight excluding hydrogens is 346 g/mol. The van der Waals surface area contributed by atoms with Crippen LogP contribution >= 0.6 is 11.8 Å². The van der Waals surface area contributed by atoms with Crippen molar-refractivity contribution in [1.29, 1.82) is 0 Å². The molecule has 3 rings (SSSR count). The van der Waals surface area contributed by atoms with Crippen molar-refractivity contribution < 1.29 is 83.7 Å². The molecule has 0 bridgehead atoms. The molecule has 0 spiro atoms. The van der Waals surface area contributed by atoms with E-state index in [0.29, 0.717) is 11.3 Å². The second-order valence-electron chi connectivity index (χ2n) is 4.27. The van der Waals surface area contributed by atoms with Gasteiger partial charge in [-0.05, 0) is 11.5 Å². The summed E-state index contributed by atoms with van der Waals surface area (Å²) in [5, 5.41) is 29.5. The second kappa shape index (κ2) is 7.97. The summed E-state index contributed by atoms with van der Waals surface area (Å²) in [4.78, 5) is 34.3. The predicted octanol–water partition coefficient (Wildman–Crippen LogP) is -9.07. The van der Waals surface area contributed by atoms with Crippen LogP contribution in [0, 0.1) is 0 Å². The van der Waals surface area contributed by atoms with E-state index < -0.39 is 29.8 Å². The van der Waals surface area contributed by atoms with Crippen LogP contribution in [0.4, 0.5) is 0 Å². The fourth-order valence-corrected chi connectivity index (χ4v) is 3.12. The number of amides is 1. The van der Waals surface area contributed by atoms with Crippen LogP contribution < -0.4 is 69.3 Å². The third kappa shape index (κ3) is 3.90.